The Kier molecular flexibility index (Phi) is 3.81. The van der Waals surface area contributed by atoms with Crippen molar-refractivity contribution in [3.8, 4) is 5.75 Å². The quantitative estimate of drug-likeness (QED) is 0.915. The van der Waals surface area contributed by atoms with Crippen molar-refractivity contribution >= 4 is 5.91 Å². The Hall–Kier alpha value is -2.43. The first kappa shape index (κ1) is 13.5. The van der Waals surface area contributed by atoms with Crippen molar-refractivity contribution in [1.82, 2.24) is 15.3 Å². The highest BCUT2D eigenvalue weighted by Crippen LogP contribution is 2.41. The molecule has 3 rings (SSSR count). The minimum atomic E-state index is -0.184. The molecule has 0 radical (unpaired) electrons. The maximum absolute atomic E-state index is 12.2. The van der Waals surface area contributed by atoms with Crippen LogP contribution in [-0.2, 0) is 0 Å². The van der Waals surface area contributed by atoms with Crippen molar-refractivity contribution in [1.29, 1.82) is 0 Å². The maximum atomic E-state index is 12.2. The van der Waals surface area contributed by atoms with Gasteiger partial charge < -0.3 is 10.1 Å². The Balaban J connectivity index is 1.77. The summed E-state index contributed by atoms with van der Waals surface area (Å²) in [6.07, 6.45) is 6.83. The second-order valence-corrected chi connectivity index (χ2v) is 5.15. The molecule has 0 saturated heterocycles. The summed E-state index contributed by atoms with van der Waals surface area (Å²) in [7, 11) is 1.64. The summed E-state index contributed by atoms with van der Waals surface area (Å²) in [5, 5.41) is 3.07. The van der Waals surface area contributed by atoms with Gasteiger partial charge in [-0.3, -0.25) is 9.78 Å². The first-order valence-electron chi connectivity index (χ1n) is 6.99. The number of aromatic nitrogens is 2. The van der Waals surface area contributed by atoms with Crippen molar-refractivity contribution < 1.29 is 9.53 Å². The fourth-order valence-electron chi connectivity index (χ4n) is 2.35. The molecule has 21 heavy (non-hydrogen) atoms. The molecule has 1 saturated carbocycles. The summed E-state index contributed by atoms with van der Waals surface area (Å²) in [6, 6.07) is 7.85. The van der Waals surface area contributed by atoms with E-state index in [2.05, 4.69) is 15.3 Å². The second kappa shape index (κ2) is 5.91. The van der Waals surface area contributed by atoms with E-state index in [4.69, 9.17) is 4.74 Å². The summed E-state index contributed by atoms with van der Waals surface area (Å²) >= 11 is 0. The lowest BCUT2D eigenvalue weighted by molar-refractivity contribution is 0.0926. The Morgan fingerprint density at radius 3 is 2.62 bits per heavy atom. The van der Waals surface area contributed by atoms with E-state index in [-0.39, 0.29) is 11.9 Å². The van der Waals surface area contributed by atoms with Crippen LogP contribution in [0.1, 0.15) is 34.9 Å². The standard InChI is InChI=1S/C16H17N3O2/c1-21-13-6-4-12(5-7-13)15(11-2-3-11)19-16(20)14-10-17-8-9-18-14/h4-11,15H,2-3H2,1H3,(H,19,20)/t15-/m1/s1. The number of methoxy groups -OCH3 is 1. The zero-order chi connectivity index (χ0) is 14.7. The second-order valence-electron chi connectivity index (χ2n) is 5.15. The van der Waals surface area contributed by atoms with Gasteiger partial charge in [0.25, 0.3) is 5.91 Å². The molecule has 1 fully saturated rings. The van der Waals surface area contributed by atoms with Gasteiger partial charge in [0, 0.05) is 12.4 Å². The molecule has 1 aliphatic rings. The van der Waals surface area contributed by atoms with Crippen molar-refractivity contribution in [2.75, 3.05) is 7.11 Å². The number of carbonyl (C=O) groups excluding carboxylic acids is 1. The fourth-order valence-corrected chi connectivity index (χ4v) is 2.35. The van der Waals surface area contributed by atoms with Gasteiger partial charge in [0.1, 0.15) is 11.4 Å². The number of amides is 1. The summed E-state index contributed by atoms with van der Waals surface area (Å²) in [6.45, 7) is 0. The first-order valence-corrected chi connectivity index (χ1v) is 6.99. The van der Waals surface area contributed by atoms with Crippen LogP contribution in [0.15, 0.2) is 42.9 Å². The van der Waals surface area contributed by atoms with Crippen LogP contribution in [0.3, 0.4) is 0 Å². The lowest BCUT2D eigenvalue weighted by Crippen LogP contribution is -2.30. The van der Waals surface area contributed by atoms with Gasteiger partial charge in [-0.2, -0.15) is 0 Å². The van der Waals surface area contributed by atoms with Crippen LogP contribution in [-0.4, -0.2) is 23.0 Å². The zero-order valence-corrected chi connectivity index (χ0v) is 11.8. The summed E-state index contributed by atoms with van der Waals surface area (Å²) in [5.41, 5.74) is 1.44. The Morgan fingerprint density at radius 2 is 2.05 bits per heavy atom. The topological polar surface area (TPSA) is 64.1 Å². The molecule has 0 aliphatic heterocycles. The molecule has 2 aromatic rings. The van der Waals surface area contributed by atoms with E-state index in [0.717, 1.165) is 24.2 Å². The Labute approximate surface area is 123 Å². The van der Waals surface area contributed by atoms with Crippen LogP contribution in [0.2, 0.25) is 0 Å². The summed E-state index contributed by atoms with van der Waals surface area (Å²) in [5.74, 6) is 1.13. The molecular formula is C16H17N3O2. The number of carbonyl (C=O) groups is 1. The third-order valence-corrected chi connectivity index (χ3v) is 3.65. The van der Waals surface area contributed by atoms with Gasteiger partial charge in [-0.05, 0) is 36.5 Å². The van der Waals surface area contributed by atoms with Crippen LogP contribution in [0, 0.1) is 5.92 Å². The largest absolute Gasteiger partial charge is 0.497 e. The van der Waals surface area contributed by atoms with E-state index in [1.165, 1.54) is 12.4 Å². The minimum Gasteiger partial charge on any atom is -0.497 e. The molecule has 1 aliphatic carbocycles. The zero-order valence-electron chi connectivity index (χ0n) is 11.8. The average molecular weight is 283 g/mol. The lowest BCUT2D eigenvalue weighted by atomic mass is 10.0. The normalized spacial score (nSPS) is 15.3. The van der Waals surface area contributed by atoms with E-state index in [0.29, 0.717) is 11.6 Å². The van der Waals surface area contributed by atoms with Crippen molar-refractivity contribution in [3.05, 3.63) is 54.1 Å². The number of hydrogen-bond donors (Lipinski definition) is 1. The molecule has 0 unspecified atom stereocenters. The van der Waals surface area contributed by atoms with E-state index < -0.39 is 0 Å². The number of nitrogens with zero attached hydrogens (tertiary/aromatic N) is 2. The minimum absolute atomic E-state index is 0.0189. The first-order chi connectivity index (χ1) is 10.3. The van der Waals surface area contributed by atoms with Gasteiger partial charge in [-0.1, -0.05) is 12.1 Å². The fraction of sp³-hybridized carbons (Fsp3) is 0.312. The van der Waals surface area contributed by atoms with Gasteiger partial charge in [-0.15, -0.1) is 0 Å². The Bertz CT molecular complexity index is 609. The van der Waals surface area contributed by atoms with E-state index >= 15 is 0 Å². The monoisotopic (exact) mass is 283 g/mol. The molecule has 1 atom stereocenters. The van der Waals surface area contributed by atoms with Gasteiger partial charge in [0.2, 0.25) is 0 Å². The smallest absolute Gasteiger partial charge is 0.271 e. The average Bonchev–Trinajstić information content (AvgIpc) is 3.38. The van der Waals surface area contributed by atoms with Gasteiger partial charge in [0.15, 0.2) is 0 Å². The van der Waals surface area contributed by atoms with Crippen LogP contribution >= 0.6 is 0 Å². The Morgan fingerprint density at radius 1 is 1.29 bits per heavy atom. The lowest BCUT2D eigenvalue weighted by Gasteiger charge is -2.18. The number of rotatable bonds is 5. The van der Waals surface area contributed by atoms with Crippen LogP contribution < -0.4 is 10.1 Å². The number of hydrogen-bond acceptors (Lipinski definition) is 4. The molecule has 1 aromatic heterocycles. The molecule has 1 amide bonds. The maximum Gasteiger partial charge on any atom is 0.271 e. The van der Waals surface area contributed by atoms with Crippen molar-refractivity contribution in [2.24, 2.45) is 5.92 Å². The highest BCUT2D eigenvalue weighted by atomic mass is 16.5. The third kappa shape index (κ3) is 3.18. The highest BCUT2D eigenvalue weighted by Gasteiger charge is 2.33. The number of nitrogens with one attached hydrogen (secondary N) is 1. The van der Waals surface area contributed by atoms with Crippen LogP contribution in [0.25, 0.3) is 0 Å². The molecule has 5 nitrogen and oxygen atoms in total. The van der Waals surface area contributed by atoms with E-state index in [9.17, 15) is 4.79 Å². The van der Waals surface area contributed by atoms with E-state index in [1.807, 2.05) is 24.3 Å². The molecule has 1 aromatic carbocycles. The van der Waals surface area contributed by atoms with Gasteiger partial charge in [-0.25, -0.2) is 4.98 Å². The molecular weight excluding hydrogens is 266 g/mol. The molecule has 0 bridgehead atoms. The van der Waals surface area contributed by atoms with Crippen LogP contribution in [0.5, 0.6) is 5.75 Å². The molecule has 1 N–H and O–H groups in total. The van der Waals surface area contributed by atoms with Gasteiger partial charge >= 0.3 is 0 Å². The van der Waals surface area contributed by atoms with Crippen molar-refractivity contribution in [2.45, 2.75) is 18.9 Å². The summed E-state index contributed by atoms with van der Waals surface area (Å²) in [4.78, 5) is 20.2. The van der Waals surface area contributed by atoms with Crippen LogP contribution in [0.4, 0.5) is 0 Å². The van der Waals surface area contributed by atoms with Crippen molar-refractivity contribution in [3.63, 3.8) is 0 Å². The number of benzene rings is 1. The highest BCUT2D eigenvalue weighted by molar-refractivity contribution is 5.92. The molecule has 5 heteroatoms. The third-order valence-electron chi connectivity index (χ3n) is 3.65. The summed E-state index contributed by atoms with van der Waals surface area (Å²) < 4.78 is 5.17. The van der Waals surface area contributed by atoms with E-state index in [1.54, 1.807) is 13.3 Å². The molecule has 1 heterocycles. The predicted octanol–water partition coefficient (Wildman–Crippen LogP) is 2.37. The molecule has 108 valence electrons. The van der Waals surface area contributed by atoms with Gasteiger partial charge in [0.05, 0.1) is 19.3 Å². The SMILES string of the molecule is COc1ccc([C@H](NC(=O)c2cnccn2)C2CC2)cc1. The predicted molar refractivity (Wildman–Crippen MR) is 78.0 cm³/mol. The molecule has 0 spiro atoms. The number of ether oxygens (including phenoxy) is 1.